The number of rotatable bonds is 2. The van der Waals surface area contributed by atoms with Crippen LogP contribution >= 0.6 is 0 Å². The summed E-state index contributed by atoms with van der Waals surface area (Å²) in [5, 5.41) is 3.65. The molecule has 0 amide bonds. The largest absolute Gasteiger partial charge is 0.355 e. The summed E-state index contributed by atoms with van der Waals surface area (Å²) in [4.78, 5) is 0. The molecule has 6 rings (SSSR count). The Balaban J connectivity index is 1.38. The molecule has 0 saturated carbocycles. The zero-order valence-corrected chi connectivity index (χ0v) is 16.7. The third-order valence-electron chi connectivity index (χ3n) is 6.76. The van der Waals surface area contributed by atoms with E-state index in [9.17, 15) is 0 Å². The summed E-state index contributed by atoms with van der Waals surface area (Å²) < 4.78 is 0. The molecule has 0 saturated heterocycles. The van der Waals surface area contributed by atoms with Gasteiger partial charge in [0.15, 0.2) is 0 Å². The second-order valence-electron chi connectivity index (χ2n) is 8.35. The van der Waals surface area contributed by atoms with Crippen molar-refractivity contribution in [1.82, 2.24) is 0 Å². The first-order chi connectivity index (χ1) is 14.2. The summed E-state index contributed by atoms with van der Waals surface area (Å²) in [7, 11) is 0. The predicted molar refractivity (Wildman–Crippen MR) is 122 cm³/mol. The van der Waals surface area contributed by atoms with Crippen LogP contribution in [0.15, 0.2) is 84.9 Å². The van der Waals surface area contributed by atoms with Crippen molar-refractivity contribution >= 4 is 11.4 Å². The zero-order chi connectivity index (χ0) is 19.5. The normalized spacial score (nSPS) is 18.0. The van der Waals surface area contributed by atoms with E-state index in [-0.39, 0.29) is 0 Å². The van der Waals surface area contributed by atoms with Gasteiger partial charge in [-0.05, 0) is 68.8 Å². The van der Waals surface area contributed by atoms with Crippen LogP contribution in [0.5, 0.6) is 0 Å². The van der Waals surface area contributed by atoms with Crippen LogP contribution in [0.4, 0.5) is 11.4 Å². The fourth-order valence-corrected chi connectivity index (χ4v) is 5.23. The first kappa shape index (κ1) is 16.6. The molecule has 140 valence electrons. The van der Waals surface area contributed by atoms with Gasteiger partial charge in [-0.1, -0.05) is 74.5 Å². The van der Waals surface area contributed by atoms with Gasteiger partial charge in [-0.15, -0.1) is 0 Å². The van der Waals surface area contributed by atoms with E-state index >= 15 is 0 Å². The molecular weight excluding hydrogens is 350 g/mol. The maximum Gasteiger partial charge on any atom is 0.0390 e. The van der Waals surface area contributed by atoms with Crippen molar-refractivity contribution in [3.63, 3.8) is 0 Å². The van der Waals surface area contributed by atoms with Crippen molar-refractivity contribution in [1.29, 1.82) is 0 Å². The summed E-state index contributed by atoms with van der Waals surface area (Å²) in [6.45, 7) is 4.60. The van der Waals surface area contributed by atoms with Crippen LogP contribution in [0.2, 0.25) is 0 Å². The molecule has 1 nitrogen and oxygen atoms in total. The quantitative estimate of drug-likeness (QED) is 0.380. The molecular formula is C28H23N. The maximum atomic E-state index is 3.65. The molecule has 0 aromatic heterocycles. The summed E-state index contributed by atoms with van der Waals surface area (Å²) in [6.07, 6.45) is 0. The van der Waals surface area contributed by atoms with E-state index in [0.29, 0.717) is 11.8 Å². The van der Waals surface area contributed by atoms with Gasteiger partial charge in [-0.3, -0.25) is 0 Å². The average Bonchev–Trinajstić information content (AvgIpc) is 3.21. The second-order valence-corrected chi connectivity index (χ2v) is 8.35. The lowest BCUT2D eigenvalue weighted by atomic mass is 9.99. The molecule has 2 unspecified atom stereocenters. The zero-order valence-electron chi connectivity index (χ0n) is 16.7. The third kappa shape index (κ3) is 2.40. The first-order valence-corrected chi connectivity index (χ1v) is 10.4. The highest BCUT2D eigenvalue weighted by molar-refractivity contribution is 5.84. The lowest BCUT2D eigenvalue weighted by Crippen LogP contribution is -1.94. The van der Waals surface area contributed by atoms with Crippen LogP contribution in [0.25, 0.3) is 22.3 Å². The Bertz CT molecular complexity index is 1170. The molecule has 4 aromatic rings. The van der Waals surface area contributed by atoms with Crippen LogP contribution < -0.4 is 5.32 Å². The van der Waals surface area contributed by atoms with Crippen LogP contribution in [-0.4, -0.2) is 0 Å². The number of benzene rings is 4. The topological polar surface area (TPSA) is 12.0 Å². The fourth-order valence-electron chi connectivity index (χ4n) is 5.23. The number of nitrogens with one attached hydrogen (secondary N) is 1. The van der Waals surface area contributed by atoms with Crippen molar-refractivity contribution in [3.8, 4) is 22.3 Å². The smallest absolute Gasteiger partial charge is 0.0390 e. The van der Waals surface area contributed by atoms with Crippen molar-refractivity contribution in [3.05, 3.63) is 107 Å². The predicted octanol–water partition coefficient (Wildman–Crippen LogP) is 7.69. The van der Waals surface area contributed by atoms with Gasteiger partial charge in [0, 0.05) is 23.2 Å². The SMILES string of the molecule is CC1c2ccccc2-c2cc(Nc3ccc4c(c3)-c3ccccc3C4C)ccc21. The van der Waals surface area contributed by atoms with Gasteiger partial charge in [0.1, 0.15) is 0 Å². The van der Waals surface area contributed by atoms with Gasteiger partial charge in [0.25, 0.3) is 0 Å². The highest BCUT2D eigenvalue weighted by atomic mass is 14.9. The van der Waals surface area contributed by atoms with E-state index in [0.717, 1.165) is 11.4 Å². The van der Waals surface area contributed by atoms with Crippen molar-refractivity contribution in [2.75, 3.05) is 5.32 Å². The summed E-state index contributed by atoms with van der Waals surface area (Å²) in [5.74, 6) is 0.932. The van der Waals surface area contributed by atoms with Crippen LogP contribution in [0.3, 0.4) is 0 Å². The minimum Gasteiger partial charge on any atom is -0.355 e. The van der Waals surface area contributed by atoms with Gasteiger partial charge in [-0.25, -0.2) is 0 Å². The number of fused-ring (bicyclic) bond motifs is 6. The third-order valence-corrected chi connectivity index (χ3v) is 6.76. The summed E-state index contributed by atoms with van der Waals surface area (Å²) in [5.41, 5.74) is 13.5. The molecule has 0 heterocycles. The number of anilines is 2. The molecule has 0 spiro atoms. The van der Waals surface area contributed by atoms with Crippen molar-refractivity contribution < 1.29 is 0 Å². The Kier molecular flexibility index (Phi) is 3.49. The van der Waals surface area contributed by atoms with E-state index < -0.39 is 0 Å². The lowest BCUT2D eigenvalue weighted by Gasteiger charge is -2.12. The van der Waals surface area contributed by atoms with Gasteiger partial charge < -0.3 is 5.32 Å². The van der Waals surface area contributed by atoms with Crippen molar-refractivity contribution in [2.24, 2.45) is 0 Å². The molecule has 2 aliphatic carbocycles. The van der Waals surface area contributed by atoms with Crippen LogP contribution in [0, 0.1) is 0 Å². The van der Waals surface area contributed by atoms with E-state index in [4.69, 9.17) is 0 Å². The number of hydrogen-bond acceptors (Lipinski definition) is 1. The lowest BCUT2D eigenvalue weighted by molar-refractivity contribution is 0.956. The molecule has 1 N–H and O–H groups in total. The van der Waals surface area contributed by atoms with E-state index in [1.807, 2.05) is 0 Å². The Morgan fingerprint density at radius 1 is 0.483 bits per heavy atom. The fraction of sp³-hybridized carbons (Fsp3) is 0.143. The van der Waals surface area contributed by atoms with Gasteiger partial charge >= 0.3 is 0 Å². The van der Waals surface area contributed by atoms with E-state index in [2.05, 4.69) is 104 Å². The highest BCUT2D eigenvalue weighted by Crippen LogP contribution is 2.47. The molecule has 4 aromatic carbocycles. The Labute approximate surface area is 172 Å². The highest BCUT2D eigenvalue weighted by Gasteiger charge is 2.26. The molecule has 2 aliphatic rings. The molecule has 0 bridgehead atoms. The molecule has 29 heavy (non-hydrogen) atoms. The van der Waals surface area contributed by atoms with E-state index in [1.54, 1.807) is 0 Å². The second kappa shape index (κ2) is 6.09. The molecule has 0 radical (unpaired) electrons. The average molecular weight is 373 g/mol. The molecule has 1 heteroatoms. The number of hydrogen-bond donors (Lipinski definition) is 1. The van der Waals surface area contributed by atoms with Crippen LogP contribution in [0.1, 0.15) is 47.9 Å². The molecule has 2 atom stereocenters. The minimum atomic E-state index is 0.466. The first-order valence-electron chi connectivity index (χ1n) is 10.4. The van der Waals surface area contributed by atoms with Crippen LogP contribution in [-0.2, 0) is 0 Å². The van der Waals surface area contributed by atoms with Crippen molar-refractivity contribution in [2.45, 2.75) is 25.7 Å². The summed E-state index contributed by atoms with van der Waals surface area (Å²) >= 11 is 0. The molecule has 0 aliphatic heterocycles. The Morgan fingerprint density at radius 2 is 0.897 bits per heavy atom. The van der Waals surface area contributed by atoms with Gasteiger partial charge in [0.05, 0.1) is 0 Å². The Morgan fingerprint density at radius 3 is 1.38 bits per heavy atom. The van der Waals surface area contributed by atoms with Gasteiger partial charge in [0.2, 0.25) is 0 Å². The molecule has 0 fully saturated rings. The Hall–Kier alpha value is -3.32. The standard InChI is InChI=1S/C28H23N/c1-17-21-7-3-5-9-25(21)27-15-19(11-13-23(17)27)29-20-12-14-24-18(2)22-8-4-6-10-26(22)28(24)16-20/h3-18,29H,1-2H3. The van der Waals surface area contributed by atoms with Gasteiger partial charge in [-0.2, -0.15) is 0 Å². The summed E-state index contributed by atoms with van der Waals surface area (Å²) in [6, 6.07) is 31.2. The maximum absolute atomic E-state index is 3.65. The van der Waals surface area contributed by atoms with E-state index in [1.165, 1.54) is 44.5 Å². The minimum absolute atomic E-state index is 0.466. The monoisotopic (exact) mass is 373 g/mol.